The van der Waals surface area contributed by atoms with Gasteiger partial charge in [-0.05, 0) is 57.8 Å². The van der Waals surface area contributed by atoms with Crippen molar-refractivity contribution in [2.45, 2.75) is 45.1 Å². The van der Waals surface area contributed by atoms with E-state index in [2.05, 4.69) is 86.5 Å². The van der Waals surface area contributed by atoms with Crippen LogP contribution in [0.1, 0.15) is 44.2 Å². The van der Waals surface area contributed by atoms with Gasteiger partial charge >= 0.3 is 0 Å². The molecule has 0 unspecified atom stereocenters. The summed E-state index contributed by atoms with van der Waals surface area (Å²) in [6.45, 7) is 5.77. The Labute approximate surface area is 136 Å². The second-order valence-corrected chi connectivity index (χ2v) is 6.64. The van der Waals surface area contributed by atoms with Crippen LogP contribution < -0.4 is 0 Å². The lowest BCUT2D eigenvalue weighted by molar-refractivity contribution is 0.153. The van der Waals surface area contributed by atoms with Crippen molar-refractivity contribution >= 4 is 0 Å². The average molecular weight is 295 g/mol. The van der Waals surface area contributed by atoms with Gasteiger partial charge in [0.15, 0.2) is 0 Å². The highest BCUT2D eigenvalue weighted by molar-refractivity contribution is 5.22. The standard InChI is InChI=1S/C21H29N/c1-21(2,20-16-10-5-11-17-20)22(3)18-12-6-9-15-19-13-7-4-8-14-19/h4-5,7-8,10-11,13-14,16-17H,6,9,12,15,18H2,1-3H3. The fourth-order valence-electron chi connectivity index (χ4n) is 2.85. The van der Waals surface area contributed by atoms with Gasteiger partial charge in [-0.1, -0.05) is 67.1 Å². The van der Waals surface area contributed by atoms with Gasteiger partial charge in [0.05, 0.1) is 0 Å². The van der Waals surface area contributed by atoms with Gasteiger partial charge in [-0.25, -0.2) is 0 Å². The van der Waals surface area contributed by atoms with Crippen LogP contribution in [0, 0.1) is 0 Å². The van der Waals surface area contributed by atoms with Crippen LogP contribution in [0.25, 0.3) is 0 Å². The highest BCUT2D eigenvalue weighted by Crippen LogP contribution is 2.26. The molecule has 0 saturated carbocycles. The molecule has 0 saturated heterocycles. The van der Waals surface area contributed by atoms with Gasteiger partial charge in [-0.3, -0.25) is 4.90 Å². The van der Waals surface area contributed by atoms with E-state index < -0.39 is 0 Å². The van der Waals surface area contributed by atoms with Crippen LogP contribution in [0.5, 0.6) is 0 Å². The molecule has 2 aromatic rings. The number of hydrogen-bond acceptors (Lipinski definition) is 1. The third-order valence-electron chi connectivity index (χ3n) is 4.74. The lowest BCUT2D eigenvalue weighted by atomic mass is 9.92. The van der Waals surface area contributed by atoms with E-state index in [1.165, 1.54) is 36.8 Å². The lowest BCUT2D eigenvalue weighted by Gasteiger charge is -2.36. The summed E-state index contributed by atoms with van der Waals surface area (Å²) < 4.78 is 0. The van der Waals surface area contributed by atoms with Crippen LogP contribution in [-0.2, 0) is 12.0 Å². The summed E-state index contributed by atoms with van der Waals surface area (Å²) in [4.78, 5) is 2.48. The van der Waals surface area contributed by atoms with Crippen molar-refractivity contribution in [2.24, 2.45) is 0 Å². The lowest BCUT2D eigenvalue weighted by Crippen LogP contribution is -2.39. The van der Waals surface area contributed by atoms with Crippen molar-refractivity contribution in [1.29, 1.82) is 0 Å². The summed E-state index contributed by atoms with van der Waals surface area (Å²) in [7, 11) is 2.24. The molecule has 0 atom stereocenters. The Morgan fingerprint density at radius 3 is 2.00 bits per heavy atom. The monoisotopic (exact) mass is 295 g/mol. The van der Waals surface area contributed by atoms with Crippen LogP contribution in [0.2, 0.25) is 0 Å². The first-order chi connectivity index (χ1) is 10.6. The molecule has 0 bridgehead atoms. The number of rotatable bonds is 8. The van der Waals surface area contributed by atoms with Crippen LogP contribution in [0.3, 0.4) is 0 Å². The zero-order chi connectivity index (χ0) is 15.8. The minimum absolute atomic E-state index is 0.0979. The zero-order valence-electron chi connectivity index (χ0n) is 14.3. The van der Waals surface area contributed by atoms with Crippen LogP contribution in [0.4, 0.5) is 0 Å². The van der Waals surface area contributed by atoms with Gasteiger partial charge in [0.1, 0.15) is 0 Å². The Morgan fingerprint density at radius 2 is 1.36 bits per heavy atom. The molecule has 22 heavy (non-hydrogen) atoms. The molecule has 0 N–H and O–H groups in total. The van der Waals surface area contributed by atoms with Crippen molar-refractivity contribution in [3.63, 3.8) is 0 Å². The minimum atomic E-state index is 0.0979. The summed E-state index contributed by atoms with van der Waals surface area (Å²) in [5.41, 5.74) is 2.95. The molecule has 1 heteroatoms. The van der Waals surface area contributed by atoms with Crippen molar-refractivity contribution in [2.75, 3.05) is 13.6 Å². The Kier molecular flexibility index (Phi) is 6.21. The number of aryl methyl sites for hydroxylation is 1. The van der Waals surface area contributed by atoms with Gasteiger partial charge in [0.2, 0.25) is 0 Å². The third kappa shape index (κ3) is 4.71. The predicted molar refractivity (Wildman–Crippen MR) is 96.1 cm³/mol. The molecular formula is C21H29N. The Bertz CT molecular complexity index is 530. The predicted octanol–water partition coefficient (Wildman–Crippen LogP) is 5.27. The van der Waals surface area contributed by atoms with Gasteiger partial charge in [0, 0.05) is 5.54 Å². The smallest absolute Gasteiger partial charge is 0.0401 e. The van der Waals surface area contributed by atoms with E-state index in [9.17, 15) is 0 Å². The first-order valence-electron chi connectivity index (χ1n) is 8.41. The molecule has 0 aliphatic rings. The van der Waals surface area contributed by atoms with E-state index >= 15 is 0 Å². The molecule has 0 spiro atoms. The van der Waals surface area contributed by atoms with Gasteiger partial charge < -0.3 is 0 Å². The second kappa shape index (κ2) is 8.14. The molecule has 118 valence electrons. The molecule has 0 aliphatic heterocycles. The molecular weight excluding hydrogens is 266 g/mol. The van der Waals surface area contributed by atoms with Gasteiger partial charge in [-0.2, -0.15) is 0 Å². The number of nitrogens with zero attached hydrogens (tertiary/aromatic N) is 1. The van der Waals surface area contributed by atoms with Crippen molar-refractivity contribution in [1.82, 2.24) is 4.90 Å². The highest BCUT2D eigenvalue weighted by Gasteiger charge is 2.24. The molecule has 1 nitrogen and oxygen atoms in total. The fraction of sp³-hybridized carbons (Fsp3) is 0.429. The maximum atomic E-state index is 2.48. The second-order valence-electron chi connectivity index (χ2n) is 6.64. The molecule has 2 rings (SSSR count). The molecule has 0 aliphatic carbocycles. The number of hydrogen-bond donors (Lipinski definition) is 0. The fourth-order valence-corrected chi connectivity index (χ4v) is 2.85. The number of unbranched alkanes of at least 4 members (excludes halogenated alkanes) is 2. The van der Waals surface area contributed by atoms with E-state index in [4.69, 9.17) is 0 Å². The van der Waals surface area contributed by atoms with Crippen LogP contribution in [0.15, 0.2) is 60.7 Å². The summed E-state index contributed by atoms with van der Waals surface area (Å²) >= 11 is 0. The molecule has 0 fully saturated rings. The van der Waals surface area contributed by atoms with E-state index in [0.29, 0.717) is 0 Å². The van der Waals surface area contributed by atoms with E-state index in [0.717, 1.165) is 6.54 Å². The molecule has 0 radical (unpaired) electrons. The summed E-state index contributed by atoms with van der Waals surface area (Å²) in [6, 6.07) is 21.6. The average Bonchev–Trinajstić information content (AvgIpc) is 2.56. The molecule has 0 aromatic heterocycles. The zero-order valence-corrected chi connectivity index (χ0v) is 14.3. The van der Waals surface area contributed by atoms with E-state index in [-0.39, 0.29) is 5.54 Å². The minimum Gasteiger partial charge on any atom is -0.297 e. The summed E-state index contributed by atoms with van der Waals surface area (Å²) in [5.74, 6) is 0. The Morgan fingerprint density at radius 1 is 0.773 bits per heavy atom. The first-order valence-corrected chi connectivity index (χ1v) is 8.41. The third-order valence-corrected chi connectivity index (χ3v) is 4.74. The Hall–Kier alpha value is -1.60. The summed E-state index contributed by atoms with van der Waals surface area (Å²) in [6.07, 6.45) is 5.04. The van der Waals surface area contributed by atoms with Crippen LogP contribution in [-0.4, -0.2) is 18.5 Å². The maximum absolute atomic E-state index is 2.48. The molecule has 2 aromatic carbocycles. The van der Waals surface area contributed by atoms with Crippen molar-refractivity contribution < 1.29 is 0 Å². The SMILES string of the molecule is CN(CCCCCc1ccccc1)C(C)(C)c1ccccc1. The summed E-state index contributed by atoms with van der Waals surface area (Å²) in [5, 5.41) is 0. The highest BCUT2D eigenvalue weighted by atomic mass is 15.2. The van der Waals surface area contributed by atoms with E-state index in [1.54, 1.807) is 0 Å². The van der Waals surface area contributed by atoms with Crippen LogP contribution >= 0.6 is 0 Å². The van der Waals surface area contributed by atoms with Crippen molar-refractivity contribution in [3.05, 3.63) is 71.8 Å². The molecule has 0 amide bonds. The van der Waals surface area contributed by atoms with Gasteiger partial charge in [0.25, 0.3) is 0 Å². The quantitative estimate of drug-likeness (QED) is 0.600. The van der Waals surface area contributed by atoms with E-state index in [1.807, 2.05) is 0 Å². The Balaban J connectivity index is 1.72. The first kappa shape index (κ1) is 16.8. The molecule has 0 heterocycles. The normalized spacial score (nSPS) is 11.8. The maximum Gasteiger partial charge on any atom is 0.0401 e. The van der Waals surface area contributed by atoms with Crippen molar-refractivity contribution in [3.8, 4) is 0 Å². The van der Waals surface area contributed by atoms with Gasteiger partial charge in [-0.15, -0.1) is 0 Å². The largest absolute Gasteiger partial charge is 0.297 e. The topological polar surface area (TPSA) is 3.24 Å². The number of benzene rings is 2.